The molecule has 0 atom stereocenters. The number of H-pyrrole nitrogens is 3. The van der Waals surface area contributed by atoms with Crippen molar-refractivity contribution in [1.82, 2.24) is 29.5 Å². The lowest BCUT2D eigenvalue weighted by molar-refractivity contribution is 0.590. The molecule has 7 aromatic rings. The van der Waals surface area contributed by atoms with Gasteiger partial charge in [0.15, 0.2) is 0 Å². The van der Waals surface area contributed by atoms with E-state index in [1.165, 1.54) is 22.8 Å². The Morgan fingerprint density at radius 3 is 1.17 bits per heavy atom. The Bertz CT molecular complexity index is 3200. The first-order valence-electron chi connectivity index (χ1n) is 23.2. The fourth-order valence-corrected chi connectivity index (χ4v) is 9.06. The standard InChI is InChI=1S/C58H60N6O2/c1-11-12-33-64-49(34-50(65)63-55(64)66)54-47-31-29-45(61-47)52(36-15-21-39(22-16-36)57(5,6)7)43-27-25-41(59-43)51(35-13-19-38(20-14-35)56(2,3)4)42-26-28-44(60-42)53(46-30-32-48(54)62-46)37-17-23-40(24-18-37)58(8,9)10/h13-32,34,59-60H,11-12,33H2,1-10H3,(H,63,65,66). The SMILES string of the molecule is CCCCn1c(-c2c3nc(c(-c4ccc(C(C)(C)C)cc4)c4ccc([nH]4)c(-c4ccc(C(C)(C)C)cc4)c4ccc([nH]4)c(-c4ccc(C(C)(C)C)cc4)c4nc2C=C4)C=C3)cc(=O)[nH]c1=O. The van der Waals surface area contributed by atoms with Crippen LogP contribution in [0.1, 0.15) is 122 Å². The van der Waals surface area contributed by atoms with Crippen molar-refractivity contribution in [2.75, 3.05) is 0 Å². The zero-order chi connectivity index (χ0) is 46.7. The molecule has 334 valence electrons. The fraction of sp³-hybridized carbons (Fsp3) is 0.276. The van der Waals surface area contributed by atoms with Crippen molar-refractivity contribution in [3.63, 3.8) is 0 Å². The summed E-state index contributed by atoms with van der Waals surface area (Å²) in [5, 5.41) is 0. The summed E-state index contributed by atoms with van der Waals surface area (Å²) in [5.74, 6) is 0. The number of nitrogens with zero attached hydrogens (tertiary/aromatic N) is 3. The van der Waals surface area contributed by atoms with Crippen molar-refractivity contribution in [2.24, 2.45) is 0 Å². The number of nitrogens with one attached hydrogen (secondary N) is 3. The van der Waals surface area contributed by atoms with Crippen LogP contribution in [0.5, 0.6) is 0 Å². The van der Waals surface area contributed by atoms with Crippen LogP contribution in [0, 0.1) is 0 Å². The minimum Gasteiger partial charge on any atom is -0.354 e. The number of rotatable bonds is 7. The highest BCUT2D eigenvalue weighted by Gasteiger charge is 2.23. The summed E-state index contributed by atoms with van der Waals surface area (Å²) >= 11 is 0. The topological polar surface area (TPSA) is 112 Å². The van der Waals surface area contributed by atoms with Crippen LogP contribution >= 0.6 is 0 Å². The minimum absolute atomic E-state index is 0.000965. The van der Waals surface area contributed by atoms with E-state index in [1.54, 1.807) is 4.57 Å². The molecule has 8 heteroatoms. The predicted molar refractivity (Wildman–Crippen MR) is 276 cm³/mol. The van der Waals surface area contributed by atoms with Gasteiger partial charge in [0.2, 0.25) is 0 Å². The molecule has 8 nitrogen and oxygen atoms in total. The lowest BCUT2D eigenvalue weighted by Crippen LogP contribution is -2.31. The van der Waals surface area contributed by atoms with Crippen LogP contribution in [-0.4, -0.2) is 29.5 Å². The Labute approximate surface area is 387 Å². The summed E-state index contributed by atoms with van der Waals surface area (Å²) in [5.41, 5.74) is 16.2. The Hall–Kier alpha value is -7.06. The van der Waals surface area contributed by atoms with E-state index in [9.17, 15) is 9.59 Å². The van der Waals surface area contributed by atoms with Gasteiger partial charge in [0.05, 0.1) is 28.5 Å². The number of fused-ring (bicyclic) bond motifs is 8. The number of unbranched alkanes of at least 4 members (excludes halogenated alkanes) is 1. The van der Waals surface area contributed by atoms with E-state index in [1.807, 2.05) is 24.3 Å². The molecule has 66 heavy (non-hydrogen) atoms. The van der Waals surface area contributed by atoms with Gasteiger partial charge in [-0.05, 0) is 105 Å². The van der Waals surface area contributed by atoms with Gasteiger partial charge in [-0.25, -0.2) is 14.8 Å². The molecule has 0 saturated carbocycles. The van der Waals surface area contributed by atoms with Gasteiger partial charge < -0.3 is 9.97 Å². The van der Waals surface area contributed by atoms with E-state index >= 15 is 0 Å². The van der Waals surface area contributed by atoms with Crippen LogP contribution < -0.4 is 11.2 Å². The average molecular weight is 873 g/mol. The molecule has 0 radical (unpaired) electrons. The summed E-state index contributed by atoms with van der Waals surface area (Å²) in [6.45, 7) is 22.6. The molecule has 0 amide bonds. The van der Waals surface area contributed by atoms with Crippen molar-refractivity contribution in [1.29, 1.82) is 0 Å². The third-order valence-corrected chi connectivity index (χ3v) is 12.9. The maximum atomic E-state index is 13.7. The van der Waals surface area contributed by atoms with Gasteiger partial charge >= 0.3 is 5.69 Å². The second kappa shape index (κ2) is 16.7. The molecule has 4 aromatic heterocycles. The third-order valence-electron chi connectivity index (χ3n) is 12.9. The molecule has 3 aromatic carbocycles. The lowest BCUT2D eigenvalue weighted by Gasteiger charge is -2.19. The van der Waals surface area contributed by atoms with Gasteiger partial charge in [0.25, 0.3) is 5.56 Å². The molecular weight excluding hydrogens is 813 g/mol. The van der Waals surface area contributed by atoms with Crippen LogP contribution in [0.2, 0.25) is 0 Å². The van der Waals surface area contributed by atoms with Gasteiger partial charge in [-0.3, -0.25) is 14.3 Å². The van der Waals surface area contributed by atoms with Crippen molar-refractivity contribution in [2.45, 2.75) is 105 Å². The highest BCUT2D eigenvalue weighted by molar-refractivity contribution is 6.00. The Morgan fingerprint density at radius 2 is 0.803 bits per heavy atom. The summed E-state index contributed by atoms with van der Waals surface area (Å²) in [6, 6.07) is 36.5. The van der Waals surface area contributed by atoms with Gasteiger partial charge in [-0.15, -0.1) is 0 Å². The molecule has 0 spiro atoms. The summed E-state index contributed by atoms with van der Waals surface area (Å²) < 4.78 is 1.66. The van der Waals surface area contributed by atoms with Crippen molar-refractivity contribution in [3.05, 3.63) is 163 Å². The highest BCUT2D eigenvalue weighted by Crippen LogP contribution is 2.40. The van der Waals surface area contributed by atoms with Crippen LogP contribution in [-0.2, 0) is 22.8 Å². The van der Waals surface area contributed by atoms with Crippen LogP contribution in [0.25, 0.3) is 91.0 Å². The number of benzene rings is 3. The number of hydrogen-bond acceptors (Lipinski definition) is 4. The first kappa shape index (κ1) is 44.2. The monoisotopic (exact) mass is 872 g/mol. The number of aromatic nitrogens is 6. The van der Waals surface area contributed by atoms with Crippen LogP contribution in [0.3, 0.4) is 0 Å². The van der Waals surface area contributed by atoms with Gasteiger partial charge in [-0.2, -0.15) is 0 Å². The normalized spacial score (nSPS) is 12.9. The molecule has 0 unspecified atom stereocenters. The zero-order valence-electron chi connectivity index (χ0n) is 39.9. The van der Waals surface area contributed by atoms with E-state index in [-0.39, 0.29) is 16.2 Å². The van der Waals surface area contributed by atoms with Crippen molar-refractivity contribution in [3.8, 4) is 44.6 Å². The largest absolute Gasteiger partial charge is 0.354 e. The molecule has 6 heterocycles. The van der Waals surface area contributed by atoms with Gasteiger partial charge in [-0.1, -0.05) is 148 Å². The first-order valence-corrected chi connectivity index (χ1v) is 23.2. The van der Waals surface area contributed by atoms with Crippen molar-refractivity contribution < 1.29 is 0 Å². The maximum Gasteiger partial charge on any atom is 0.328 e. The molecule has 2 aliphatic heterocycles. The Kier molecular flexibility index (Phi) is 11.2. The fourth-order valence-electron chi connectivity index (χ4n) is 9.06. The maximum absolute atomic E-state index is 13.7. The van der Waals surface area contributed by atoms with Crippen LogP contribution in [0.15, 0.2) is 113 Å². The Balaban J connectivity index is 1.45. The van der Waals surface area contributed by atoms with E-state index < -0.39 is 11.2 Å². The number of aromatic amines is 3. The molecule has 8 bridgehead atoms. The van der Waals surface area contributed by atoms with E-state index in [4.69, 9.17) is 9.97 Å². The van der Waals surface area contributed by atoms with Gasteiger partial charge in [0, 0.05) is 56.9 Å². The Morgan fingerprint density at radius 1 is 0.455 bits per heavy atom. The predicted octanol–water partition coefficient (Wildman–Crippen LogP) is 13.9. The molecule has 0 fully saturated rings. The highest BCUT2D eigenvalue weighted by atomic mass is 16.2. The van der Waals surface area contributed by atoms with E-state index in [0.717, 1.165) is 79.7 Å². The van der Waals surface area contributed by atoms with E-state index in [2.05, 4.69) is 181 Å². The molecule has 3 N–H and O–H groups in total. The average Bonchev–Trinajstić information content (AvgIpc) is 4.11. The zero-order valence-corrected chi connectivity index (χ0v) is 39.9. The summed E-state index contributed by atoms with van der Waals surface area (Å²) in [7, 11) is 0. The molecular formula is C58H60N6O2. The third kappa shape index (κ3) is 8.48. The van der Waals surface area contributed by atoms with Crippen LogP contribution in [0.4, 0.5) is 0 Å². The molecule has 2 aliphatic rings. The minimum atomic E-state index is -0.476. The first-order chi connectivity index (χ1) is 31.4. The summed E-state index contributed by atoms with van der Waals surface area (Å²) in [4.78, 5) is 48.1. The van der Waals surface area contributed by atoms with Gasteiger partial charge in [0.1, 0.15) is 0 Å². The lowest BCUT2D eigenvalue weighted by atomic mass is 9.86. The molecule has 9 rings (SSSR count). The van der Waals surface area contributed by atoms with E-state index in [0.29, 0.717) is 29.2 Å². The molecule has 0 saturated heterocycles. The summed E-state index contributed by atoms with van der Waals surface area (Å²) in [6.07, 6.45) is 9.67. The van der Waals surface area contributed by atoms with Crippen molar-refractivity contribution >= 4 is 46.4 Å². The second-order valence-electron chi connectivity index (χ2n) is 20.8. The quantitative estimate of drug-likeness (QED) is 0.148. The number of hydrogen-bond donors (Lipinski definition) is 3. The second-order valence-corrected chi connectivity index (χ2v) is 20.8. The molecule has 0 aliphatic carbocycles. The smallest absolute Gasteiger partial charge is 0.328 e.